The highest BCUT2D eigenvalue weighted by Gasteiger charge is 2.32. The molecule has 25 heavy (non-hydrogen) atoms. The zero-order chi connectivity index (χ0) is 18.6. The number of ether oxygens (including phenoxy) is 1. The molecule has 1 atom stereocenters. The van der Waals surface area contributed by atoms with E-state index in [-0.39, 0.29) is 23.8 Å². The van der Waals surface area contributed by atoms with Crippen LogP contribution in [-0.2, 0) is 9.53 Å². The van der Waals surface area contributed by atoms with Gasteiger partial charge in [0.2, 0.25) is 0 Å². The molecule has 0 aromatic heterocycles. The predicted octanol–water partition coefficient (Wildman–Crippen LogP) is 1.21. The molecule has 132 valence electrons. The molecule has 0 saturated carbocycles. The molecule has 1 aromatic carbocycles. The van der Waals surface area contributed by atoms with E-state index in [0.717, 1.165) is 0 Å². The zero-order valence-electron chi connectivity index (χ0n) is 13.4. The van der Waals surface area contributed by atoms with Crippen molar-refractivity contribution in [3.05, 3.63) is 61.3 Å². The molecule has 1 aliphatic rings. The van der Waals surface area contributed by atoms with Crippen molar-refractivity contribution >= 4 is 17.6 Å². The lowest BCUT2D eigenvalue weighted by Crippen LogP contribution is -2.46. The first-order valence-electron chi connectivity index (χ1n) is 7.22. The van der Waals surface area contributed by atoms with Crippen molar-refractivity contribution < 1.29 is 19.5 Å². The number of esters is 1. The van der Waals surface area contributed by atoms with Gasteiger partial charge in [0.05, 0.1) is 23.1 Å². The number of nitrogens with one attached hydrogen (secondary N) is 2. The van der Waals surface area contributed by atoms with Crippen LogP contribution in [-0.4, -0.2) is 28.5 Å². The molecule has 0 spiro atoms. The highest BCUT2D eigenvalue weighted by atomic mass is 16.7. The summed E-state index contributed by atoms with van der Waals surface area (Å²) in [5, 5.41) is 29.0. The molecule has 1 aliphatic heterocycles. The van der Waals surface area contributed by atoms with E-state index in [1.54, 1.807) is 13.8 Å². The Morgan fingerprint density at radius 1 is 1.28 bits per heavy atom. The molecule has 0 saturated heterocycles. The molecule has 0 fully saturated rings. The van der Waals surface area contributed by atoms with Gasteiger partial charge >= 0.3 is 5.97 Å². The van der Waals surface area contributed by atoms with Gasteiger partial charge in [0.25, 0.3) is 11.6 Å². The minimum absolute atomic E-state index is 0.116. The fraction of sp³-hybridized carbons (Fsp3) is 0.286. The Bertz CT molecular complexity index is 770. The molecule has 0 aliphatic carbocycles. The second kappa shape index (κ2) is 7.38. The van der Waals surface area contributed by atoms with Crippen LogP contribution in [0.5, 0.6) is 0 Å². The van der Waals surface area contributed by atoms with Crippen LogP contribution in [0.15, 0.2) is 40.6 Å². The first-order chi connectivity index (χ1) is 11.8. The van der Waals surface area contributed by atoms with Gasteiger partial charge in [-0.25, -0.2) is 14.9 Å². The lowest BCUT2D eigenvalue weighted by Gasteiger charge is -2.29. The van der Waals surface area contributed by atoms with Gasteiger partial charge in [0.1, 0.15) is 5.10 Å². The Hall–Kier alpha value is -3.50. The standard InChI is InChI=1S/C14H15N5O6/c1-3-25-13(20)11-8(2)15-14(17-19(23)24)16-12(11)9-4-6-10(7-5-9)18(21)22/h4-7,12H,3H2,1-2H3,(H2,15,16,17)/t12-/m0/s1. The van der Waals surface area contributed by atoms with Crippen LogP contribution in [0.4, 0.5) is 5.69 Å². The number of non-ortho nitro benzene ring substituents is 1. The topological polar surface area (TPSA) is 149 Å². The molecule has 11 nitrogen and oxygen atoms in total. The summed E-state index contributed by atoms with van der Waals surface area (Å²) >= 11 is 0. The van der Waals surface area contributed by atoms with Crippen molar-refractivity contribution in [2.45, 2.75) is 19.9 Å². The molecule has 0 radical (unpaired) electrons. The van der Waals surface area contributed by atoms with Gasteiger partial charge in [-0.2, -0.15) is 0 Å². The van der Waals surface area contributed by atoms with Crippen LogP contribution in [0.1, 0.15) is 25.5 Å². The number of nitro benzene ring substituents is 1. The molecule has 0 amide bonds. The number of nitro groups is 2. The molecule has 2 N–H and O–H groups in total. The van der Waals surface area contributed by atoms with Crippen molar-refractivity contribution in [2.75, 3.05) is 6.61 Å². The Kier molecular flexibility index (Phi) is 5.27. The smallest absolute Gasteiger partial charge is 0.338 e. The number of hydrazone groups is 1. The molecule has 2 rings (SSSR count). The molecular formula is C14H15N5O6. The summed E-state index contributed by atoms with van der Waals surface area (Å²) in [6.45, 7) is 3.36. The maximum atomic E-state index is 12.3. The monoisotopic (exact) mass is 349 g/mol. The van der Waals surface area contributed by atoms with Crippen LogP contribution in [0, 0.1) is 20.2 Å². The fourth-order valence-corrected chi connectivity index (χ4v) is 2.36. The summed E-state index contributed by atoms with van der Waals surface area (Å²) in [5.41, 5.74) is 0.917. The summed E-state index contributed by atoms with van der Waals surface area (Å²) in [4.78, 5) is 33.1. The lowest BCUT2D eigenvalue weighted by molar-refractivity contribution is -0.485. The number of benzene rings is 1. The quantitative estimate of drug-likeness (QED) is 0.457. The number of rotatable bonds is 5. The summed E-state index contributed by atoms with van der Waals surface area (Å²) in [6.07, 6.45) is 0. The summed E-state index contributed by atoms with van der Waals surface area (Å²) in [7, 11) is 0. The van der Waals surface area contributed by atoms with E-state index in [9.17, 15) is 25.0 Å². The van der Waals surface area contributed by atoms with Crippen LogP contribution >= 0.6 is 0 Å². The maximum Gasteiger partial charge on any atom is 0.338 e. The normalized spacial score (nSPS) is 18.3. The van der Waals surface area contributed by atoms with Crippen molar-refractivity contribution in [2.24, 2.45) is 5.10 Å². The van der Waals surface area contributed by atoms with Gasteiger partial charge in [-0.1, -0.05) is 0 Å². The molecule has 11 heteroatoms. The minimum Gasteiger partial charge on any atom is -0.463 e. The van der Waals surface area contributed by atoms with E-state index in [0.29, 0.717) is 11.3 Å². The van der Waals surface area contributed by atoms with Crippen molar-refractivity contribution in [1.82, 2.24) is 10.6 Å². The fourth-order valence-electron chi connectivity index (χ4n) is 2.36. The van der Waals surface area contributed by atoms with Gasteiger partial charge in [0.15, 0.2) is 5.03 Å². The summed E-state index contributed by atoms with van der Waals surface area (Å²) in [6, 6.07) is 4.66. The van der Waals surface area contributed by atoms with Crippen molar-refractivity contribution in [3.63, 3.8) is 0 Å². The zero-order valence-corrected chi connectivity index (χ0v) is 13.4. The summed E-state index contributed by atoms with van der Waals surface area (Å²) < 4.78 is 5.02. The number of carbonyl (C=O) groups is 1. The molecule has 0 unspecified atom stereocenters. The SMILES string of the molecule is CCOC(=O)C1=C(C)N/C(=N/[N+](=O)[O-])N[C@H]1c1ccc([N+](=O)[O-])cc1. The van der Waals surface area contributed by atoms with E-state index in [2.05, 4.69) is 15.7 Å². The van der Waals surface area contributed by atoms with Gasteiger partial charge < -0.3 is 15.4 Å². The Morgan fingerprint density at radius 2 is 1.92 bits per heavy atom. The Morgan fingerprint density at radius 3 is 2.44 bits per heavy atom. The minimum atomic E-state index is -0.884. The molecular weight excluding hydrogens is 334 g/mol. The average molecular weight is 349 g/mol. The van der Waals surface area contributed by atoms with E-state index in [1.165, 1.54) is 24.3 Å². The van der Waals surface area contributed by atoms with Crippen LogP contribution in [0.3, 0.4) is 0 Å². The van der Waals surface area contributed by atoms with Crippen molar-refractivity contribution in [1.29, 1.82) is 0 Å². The molecule has 1 heterocycles. The van der Waals surface area contributed by atoms with E-state index < -0.39 is 22.0 Å². The molecule has 1 aromatic rings. The largest absolute Gasteiger partial charge is 0.463 e. The van der Waals surface area contributed by atoms with Crippen LogP contribution < -0.4 is 10.6 Å². The van der Waals surface area contributed by atoms with E-state index in [4.69, 9.17) is 4.74 Å². The third-order valence-electron chi connectivity index (χ3n) is 3.39. The number of allylic oxidation sites excluding steroid dienone is 1. The van der Waals surface area contributed by atoms with Gasteiger partial charge in [-0.3, -0.25) is 10.1 Å². The van der Waals surface area contributed by atoms with Gasteiger partial charge in [-0.15, -0.1) is 0 Å². The Balaban J connectivity index is 2.47. The molecule has 0 bridgehead atoms. The first kappa shape index (κ1) is 17.8. The van der Waals surface area contributed by atoms with Gasteiger partial charge in [0, 0.05) is 17.8 Å². The van der Waals surface area contributed by atoms with E-state index >= 15 is 0 Å². The highest BCUT2D eigenvalue weighted by Crippen LogP contribution is 2.28. The predicted molar refractivity (Wildman–Crippen MR) is 85.9 cm³/mol. The van der Waals surface area contributed by atoms with Crippen LogP contribution in [0.25, 0.3) is 0 Å². The third kappa shape index (κ3) is 4.07. The maximum absolute atomic E-state index is 12.3. The third-order valence-corrected chi connectivity index (χ3v) is 3.39. The second-order valence-corrected chi connectivity index (χ2v) is 5.00. The highest BCUT2D eigenvalue weighted by molar-refractivity contribution is 5.96. The second-order valence-electron chi connectivity index (χ2n) is 5.00. The Labute approximate surface area is 141 Å². The average Bonchev–Trinajstić information content (AvgIpc) is 2.53. The lowest BCUT2D eigenvalue weighted by atomic mass is 9.95. The number of hydrogen-bond acceptors (Lipinski definition) is 6. The van der Waals surface area contributed by atoms with E-state index in [1.807, 2.05) is 0 Å². The number of carbonyl (C=O) groups excluding carboxylic acids is 1. The number of guanidine groups is 1. The van der Waals surface area contributed by atoms with Crippen LogP contribution in [0.2, 0.25) is 0 Å². The number of nitrogens with zero attached hydrogens (tertiary/aromatic N) is 3. The number of hydrogen-bond donors (Lipinski definition) is 2. The van der Waals surface area contributed by atoms with Crippen molar-refractivity contribution in [3.8, 4) is 0 Å². The van der Waals surface area contributed by atoms with Gasteiger partial charge in [-0.05, 0) is 31.5 Å². The first-order valence-corrected chi connectivity index (χ1v) is 7.22. The summed E-state index contributed by atoms with van der Waals surface area (Å²) in [5.74, 6) is -0.762.